The molecular weight excluding hydrogens is 354 g/mol. The van der Waals surface area contributed by atoms with Gasteiger partial charge < -0.3 is 14.8 Å². The molecule has 28 heavy (non-hydrogen) atoms. The fraction of sp³-hybridized carbons (Fsp3) is 0.381. The third-order valence-electron chi connectivity index (χ3n) is 5.76. The molecule has 2 aliphatic heterocycles. The molecule has 1 N–H and O–H groups in total. The number of nitrogens with zero attached hydrogens (tertiary/aromatic N) is 4. The molecule has 144 valence electrons. The molecule has 1 atom stereocenters. The van der Waals surface area contributed by atoms with Crippen LogP contribution in [0.1, 0.15) is 41.7 Å². The summed E-state index contributed by atoms with van der Waals surface area (Å²) in [5.41, 5.74) is 3.10. The van der Waals surface area contributed by atoms with E-state index in [4.69, 9.17) is 9.47 Å². The molecule has 2 aliphatic rings. The quantitative estimate of drug-likeness (QED) is 0.756. The van der Waals surface area contributed by atoms with E-state index in [0.29, 0.717) is 5.88 Å². The highest BCUT2D eigenvalue weighted by molar-refractivity contribution is 5.43. The second-order valence-electron chi connectivity index (χ2n) is 7.33. The summed E-state index contributed by atoms with van der Waals surface area (Å²) in [5, 5.41) is 12.3. The lowest BCUT2D eigenvalue weighted by Gasteiger charge is -2.34. The number of pyridine rings is 1. The van der Waals surface area contributed by atoms with Gasteiger partial charge in [0.15, 0.2) is 5.82 Å². The molecule has 0 bridgehead atoms. The van der Waals surface area contributed by atoms with Gasteiger partial charge in [-0.05, 0) is 50.0 Å². The van der Waals surface area contributed by atoms with Crippen molar-refractivity contribution >= 4 is 0 Å². The summed E-state index contributed by atoms with van der Waals surface area (Å²) in [6.07, 6.45) is 3.44. The largest absolute Gasteiger partial charge is 0.481 e. The van der Waals surface area contributed by atoms with Gasteiger partial charge in [-0.2, -0.15) is 0 Å². The Morgan fingerprint density at radius 1 is 1.14 bits per heavy atom. The zero-order chi connectivity index (χ0) is 19.1. The number of hydrogen-bond donors (Lipinski definition) is 1. The Morgan fingerprint density at radius 2 is 1.96 bits per heavy atom. The van der Waals surface area contributed by atoms with Crippen LogP contribution < -0.4 is 10.1 Å². The van der Waals surface area contributed by atoms with Crippen LogP contribution in [-0.4, -0.2) is 39.9 Å². The van der Waals surface area contributed by atoms with Crippen molar-refractivity contribution in [3.05, 3.63) is 65.4 Å². The summed E-state index contributed by atoms with van der Waals surface area (Å²) < 4.78 is 14.0. The first kappa shape index (κ1) is 17.3. The molecule has 1 aromatic carbocycles. The normalized spacial score (nSPS) is 20.3. The number of ether oxygens (including phenoxy) is 2. The van der Waals surface area contributed by atoms with Crippen molar-refractivity contribution in [1.29, 1.82) is 0 Å². The molecule has 4 heterocycles. The van der Waals surface area contributed by atoms with Crippen molar-refractivity contribution in [2.75, 3.05) is 20.2 Å². The molecule has 1 saturated heterocycles. The summed E-state index contributed by atoms with van der Waals surface area (Å²) >= 11 is 0. The van der Waals surface area contributed by atoms with Crippen LogP contribution in [0.4, 0.5) is 0 Å². The first-order chi connectivity index (χ1) is 13.7. The number of nitrogens with one attached hydrogen (secondary N) is 1. The van der Waals surface area contributed by atoms with Crippen LogP contribution in [0.2, 0.25) is 0 Å². The van der Waals surface area contributed by atoms with Crippen LogP contribution in [0.3, 0.4) is 0 Å². The minimum atomic E-state index is -0.255. The number of methoxy groups -OCH3 is 1. The second kappa shape index (κ2) is 6.68. The van der Waals surface area contributed by atoms with Gasteiger partial charge in [-0.25, -0.2) is 4.98 Å². The first-order valence-electron chi connectivity index (χ1n) is 9.62. The summed E-state index contributed by atoms with van der Waals surface area (Å²) in [7, 11) is 1.61. The minimum Gasteiger partial charge on any atom is -0.481 e. The predicted octanol–water partition coefficient (Wildman–Crippen LogP) is 2.68. The molecule has 7 nitrogen and oxygen atoms in total. The smallest absolute Gasteiger partial charge is 0.213 e. The van der Waals surface area contributed by atoms with E-state index in [1.807, 2.05) is 23.6 Å². The van der Waals surface area contributed by atoms with Gasteiger partial charge >= 0.3 is 0 Å². The number of benzene rings is 1. The van der Waals surface area contributed by atoms with E-state index in [9.17, 15) is 0 Å². The van der Waals surface area contributed by atoms with Crippen LogP contribution in [0.5, 0.6) is 5.88 Å². The number of hydrogen-bond acceptors (Lipinski definition) is 6. The third kappa shape index (κ3) is 2.62. The maximum absolute atomic E-state index is 6.76. The van der Waals surface area contributed by atoms with Gasteiger partial charge in [0.1, 0.15) is 11.9 Å². The molecule has 0 saturated carbocycles. The van der Waals surface area contributed by atoms with E-state index >= 15 is 0 Å². The highest BCUT2D eigenvalue weighted by atomic mass is 16.5. The summed E-state index contributed by atoms with van der Waals surface area (Å²) in [6.45, 7) is 3.85. The number of aryl methyl sites for hydroxylation is 1. The lowest BCUT2D eigenvalue weighted by Crippen LogP contribution is -2.39. The van der Waals surface area contributed by atoms with Crippen molar-refractivity contribution in [2.45, 2.75) is 31.5 Å². The SMILES string of the molecule is COc1ccc(-n2c(C)nnc2C2OC3(CCNCC3)c3ccccc32)cn1. The fourth-order valence-corrected chi connectivity index (χ4v) is 4.40. The Balaban J connectivity index is 1.61. The number of aromatic nitrogens is 4. The van der Waals surface area contributed by atoms with E-state index in [0.717, 1.165) is 43.3 Å². The molecule has 0 aliphatic carbocycles. The minimum absolute atomic E-state index is 0.252. The van der Waals surface area contributed by atoms with Crippen molar-refractivity contribution in [1.82, 2.24) is 25.1 Å². The van der Waals surface area contributed by atoms with Crippen LogP contribution >= 0.6 is 0 Å². The van der Waals surface area contributed by atoms with E-state index < -0.39 is 0 Å². The van der Waals surface area contributed by atoms with Gasteiger partial charge in [0.25, 0.3) is 0 Å². The Labute approximate surface area is 163 Å². The molecule has 1 unspecified atom stereocenters. The summed E-state index contributed by atoms with van der Waals surface area (Å²) in [4.78, 5) is 4.34. The van der Waals surface area contributed by atoms with E-state index in [1.54, 1.807) is 13.3 Å². The molecule has 1 spiro atoms. The summed E-state index contributed by atoms with van der Waals surface area (Å²) in [6, 6.07) is 12.3. The topological polar surface area (TPSA) is 74.1 Å². The second-order valence-corrected chi connectivity index (χ2v) is 7.33. The molecule has 1 fully saturated rings. The maximum Gasteiger partial charge on any atom is 0.213 e. The number of fused-ring (bicyclic) bond motifs is 2. The van der Waals surface area contributed by atoms with Gasteiger partial charge in [0.05, 0.1) is 24.6 Å². The highest BCUT2D eigenvalue weighted by Crippen LogP contribution is 2.50. The molecular formula is C21H23N5O2. The van der Waals surface area contributed by atoms with Crippen LogP contribution in [-0.2, 0) is 10.3 Å². The van der Waals surface area contributed by atoms with Crippen molar-refractivity contribution < 1.29 is 9.47 Å². The average Bonchev–Trinajstić information content (AvgIpc) is 3.27. The number of piperidine rings is 1. The van der Waals surface area contributed by atoms with Crippen LogP contribution in [0.15, 0.2) is 42.6 Å². The zero-order valence-electron chi connectivity index (χ0n) is 16.1. The molecule has 7 heteroatoms. The first-order valence-corrected chi connectivity index (χ1v) is 9.62. The third-order valence-corrected chi connectivity index (χ3v) is 5.76. The Hall–Kier alpha value is -2.77. The maximum atomic E-state index is 6.76. The van der Waals surface area contributed by atoms with Gasteiger partial charge in [-0.15, -0.1) is 10.2 Å². The monoisotopic (exact) mass is 377 g/mol. The van der Waals surface area contributed by atoms with E-state index in [1.165, 1.54) is 11.1 Å². The zero-order valence-corrected chi connectivity index (χ0v) is 16.1. The molecule has 2 aromatic heterocycles. The summed E-state index contributed by atoms with van der Waals surface area (Å²) in [5.74, 6) is 2.16. The Bertz CT molecular complexity index is 992. The Kier molecular flexibility index (Phi) is 4.14. The fourth-order valence-electron chi connectivity index (χ4n) is 4.40. The van der Waals surface area contributed by atoms with Gasteiger partial charge in [-0.1, -0.05) is 24.3 Å². The van der Waals surface area contributed by atoms with Crippen LogP contribution in [0, 0.1) is 6.92 Å². The van der Waals surface area contributed by atoms with Crippen molar-refractivity contribution in [3.63, 3.8) is 0 Å². The lowest BCUT2D eigenvalue weighted by atomic mass is 9.84. The van der Waals surface area contributed by atoms with E-state index in [2.05, 4.69) is 44.8 Å². The molecule has 3 aromatic rings. The molecule has 0 radical (unpaired) electrons. The van der Waals surface area contributed by atoms with Gasteiger partial charge in [0.2, 0.25) is 5.88 Å². The number of rotatable bonds is 3. The standard InChI is InChI=1S/C21H23N5O2/c1-14-24-25-20(26(14)15-7-8-18(27-2)23-13-15)19-16-5-3-4-6-17(16)21(28-19)9-11-22-12-10-21/h3-8,13,19,22H,9-12H2,1-2H3. The van der Waals surface area contributed by atoms with Gasteiger partial charge in [-0.3, -0.25) is 4.57 Å². The van der Waals surface area contributed by atoms with Gasteiger partial charge in [0, 0.05) is 6.07 Å². The predicted molar refractivity (Wildman–Crippen MR) is 104 cm³/mol. The average molecular weight is 377 g/mol. The van der Waals surface area contributed by atoms with Crippen LogP contribution in [0.25, 0.3) is 5.69 Å². The lowest BCUT2D eigenvalue weighted by molar-refractivity contribution is -0.0829. The molecule has 0 amide bonds. The Morgan fingerprint density at radius 3 is 2.71 bits per heavy atom. The van der Waals surface area contributed by atoms with Crippen molar-refractivity contribution in [2.24, 2.45) is 0 Å². The van der Waals surface area contributed by atoms with Crippen molar-refractivity contribution in [3.8, 4) is 11.6 Å². The van der Waals surface area contributed by atoms with E-state index in [-0.39, 0.29) is 11.7 Å². The molecule has 5 rings (SSSR count). The highest BCUT2D eigenvalue weighted by Gasteiger charge is 2.47.